The summed E-state index contributed by atoms with van der Waals surface area (Å²) in [7, 11) is 0. The van der Waals surface area contributed by atoms with Gasteiger partial charge >= 0.3 is 5.97 Å². The Balaban J connectivity index is 2.72. The topological polar surface area (TPSA) is 72.5 Å². The van der Waals surface area contributed by atoms with Crippen LogP contribution in [-0.4, -0.2) is 28.8 Å². The number of carbonyl (C=O) groups is 1. The average Bonchev–Trinajstić information content (AvgIpc) is 2.24. The van der Waals surface area contributed by atoms with Crippen molar-refractivity contribution in [1.29, 1.82) is 0 Å². The van der Waals surface area contributed by atoms with Gasteiger partial charge in [-0.05, 0) is 46.5 Å². The number of nitrogens with two attached hydrogens (primary N) is 1. The quantitative estimate of drug-likeness (QED) is 0.755. The van der Waals surface area contributed by atoms with E-state index in [1.807, 2.05) is 20.8 Å². The average molecular weight is 257 g/mol. The summed E-state index contributed by atoms with van der Waals surface area (Å²) in [6.07, 6.45) is 5.07. The molecule has 1 aliphatic carbocycles. The first-order chi connectivity index (χ1) is 8.28. The predicted octanol–water partition coefficient (Wildman–Crippen LogP) is 1.99. The minimum absolute atomic E-state index is 0.125. The molecule has 0 saturated heterocycles. The second kappa shape index (κ2) is 6.02. The number of hydrogen-bond donors (Lipinski definition) is 2. The molecule has 0 aromatic heterocycles. The van der Waals surface area contributed by atoms with Gasteiger partial charge in [0, 0.05) is 12.1 Å². The first-order valence-electron chi connectivity index (χ1n) is 6.91. The van der Waals surface area contributed by atoms with E-state index in [-0.39, 0.29) is 18.5 Å². The molecule has 18 heavy (non-hydrogen) atoms. The Hall–Kier alpha value is -0.610. The molecule has 0 aromatic carbocycles. The minimum atomic E-state index is -0.497. The maximum absolute atomic E-state index is 12.2. The van der Waals surface area contributed by atoms with E-state index < -0.39 is 11.1 Å². The van der Waals surface area contributed by atoms with E-state index in [9.17, 15) is 4.79 Å². The zero-order valence-electron chi connectivity index (χ0n) is 11.9. The summed E-state index contributed by atoms with van der Waals surface area (Å²) >= 11 is 0. The van der Waals surface area contributed by atoms with Crippen LogP contribution >= 0.6 is 0 Å². The van der Waals surface area contributed by atoms with E-state index in [0.29, 0.717) is 12.8 Å². The number of rotatable bonds is 4. The van der Waals surface area contributed by atoms with Crippen LogP contribution in [0.3, 0.4) is 0 Å². The predicted molar refractivity (Wildman–Crippen MR) is 71.0 cm³/mol. The van der Waals surface area contributed by atoms with Crippen LogP contribution in [0, 0.1) is 5.92 Å². The molecule has 1 aliphatic rings. The van der Waals surface area contributed by atoms with Gasteiger partial charge in [0.05, 0.1) is 5.92 Å². The Bertz CT molecular complexity index is 285. The van der Waals surface area contributed by atoms with Crippen LogP contribution in [0.5, 0.6) is 0 Å². The zero-order chi connectivity index (χ0) is 13.8. The summed E-state index contributed by atoms with van der Waals surface area (Å²) < 4.78 is 5.47. The van der Waals surface area contributed by atoms with Crippen molar-refractivity contribution < 1.29 is 14.6 Å². The maximum Gasteiger partial charge on any atom is 0.311 e. The fourth-order valence-electron chi connectivity index (χ4n) is 2.70. The van der Waals surface area contributed by atoms with Crippen molar-refractivity contribution >= 4 is 5.97 Å². The van der Waals surface area contributed by atoms with Crippen LogP contribution in [0.4, 0.5) is 0 Å². The second-order valence-corrected chi connectivity index (χ2v) is 6.39. The number of ether oxygens (including phenoxy) is 1. The standard InChI is InChI=1S/C14H27NO3/c1-13(2,3)18-12(17)11-7-4-5-8-14(11,15)9-6-10-16/h11,16H,4-10,15H2,1-3H3. The highest BCUT2D eigenvalue weighted by Crippen LogP contribution is 2.36. The van der Waals surface area contributed by atoms with Gasteiger partial charge in [-0.25, -0.2) is 0 Å². The van der Waals surface area contributed by atoms with Crippen LogP contribution in [0.1, 0.15) is 59.3 Å². The van der Waals surface area contributed by atoms with Gasteiger partial charge < -0.3 is 15.6 Å². The third-order valence-corrected chi connectivity index (χ3v) is 3.57. The van der Waals surface area contributed by atoms with Crippen LogP contribution in [0.25, 0.3) is 0 Å². The molecule has 4 nitrogen and oxygen atoms in total. The third kappa shape index (κ3) is 4.25. The highest BCUT2D eigenvalue weighted by atomic mass is 16.6. The lowest BCUT2D eigenvalue weighted by Crippen LogP contribution is -2.53. The lowest BCUT2D eigenvalue weighted by Gasteiger charge is -2.40. The molecular formula is C14H27NO3. The van der Waals surface area contributed by atoms with Gasteiger partial charge in [-0.3, -0.25) is 4.79 Å². The summed E-state index contributed by atoms with van der Waals surface area (Å²) in [4.78, 5) is 12.2. The van der Waals surface area contributed by atoms with Gasteiger partial charge in [0.25, 0.3) is 0 Å². The summed E-state index contributed by atoms with van der Waals surface area (Å²) in [6.45, 7) is 5.75. The third-order valence-electron chi connectivity index (χ3n) is 3.57. The number of hydrogen-bond acceptors (Lipinski definition) is 4. The number of esters is 1. The molecule has 0 aromatic rings. The molecule has 0 amide bonds. The molecule has 0 heterocycles. The molecule has 1 rings (SSSR count). The molecule has 1 fully saturated rings. The number of carbonyl (C=O) groups excluding carboxylic acids is 1. The summed E-state index contributed by atoms with van der Waals surface area (Å²) in [5, 5.41) is 8.95. The molecule has 3 N–H and O–H groups in total. The van der Waals surface area contributed by atoms with Crippen LogP contribution < -0.4 is 5.73 Å². The largest absolute Gasteiger partial charge is 0.460 e. The number of aliphatic hydroxyl groups excluding tert-OH is 1. The van der Waals surface area contributed by atoms with Crippen LogP contribution in [-0.2, 0) is 9.53 Å². The smallest absolute Gasteiger partial charge is 0.311 e. The first-order valence-corrected chi connectivity index (χ1v) is 6.91. The lowest BCUT2D eigenvalue weighted by atomic mass is 9.71. The lowest BCUT2D eigenvalue weighted by molar-refractivity contribution is -0.164. The van der Waals surface area contributed by atoms with Gasteiger partial charge in [0.1, 0.15) is 5.60 Å². The van der Waals surface area contributed by atoms with Crippen LogP contribution in [0.2, 0.25) is 0 Å². The Kier molecular flexibility index (Phi) is 5.17. The van der Waals surface area contributed by atoms with E-state index in [2.05, 4.69) is 0 Å². The minimum Gasteiger partial charge on any atom is -0.460 e. The molecule has 2 atom stereocenters. The molecular weight excluding hydrogens is 230 g/mol. The molecule has 1 saturated carbocycles. The summed E-state index contributed by atoms with van der Waals surface area (Å²) in [6, 6.07) is 0. The molecule has 4 heteroatoms. The summed E-state index contributed by atoms with van der Waals surface area (Å²) in [5.41, 5.74) is 5.43. The normalized spacial score (nSPS) is 29.1. The van der Waals surface area contributed by atoms with E-state index in [1.165, 1.54) is 0 Å². The SMILES string of the molecule is CC(C)(C)OC(=O)C1CCCCC1(N)CCCO. The van der Waals surface area contributed by atoms with Gasteiger partial charge in [-0.15, -0.1) is 0 Å². The monoisotopic (exact) mass is 257 g/mol. The van der Waals surface area contributed by atoms with Crippen molar-refractivity contribution in [2.75, 3.05) is 6.61 Å². The van der Waals surface area contributed by atoms with Crippen molar-refractivity contribution in [3.05, 3.63) is 0 Å². The van der Waals surface area contributed by atoms with Gasteiger partial charge in [-0.2, -0.15) is 0 Å². The molecule has 0 spiro atoms. The van der Waals surface area contributed by atoms with Crippen LogP contribution in [0.15, 0.2) is 0 Å². The van der Waals surface area contributed by atoms with E-state index in [0.717, 1.165) is 25.7 Å². The second-order valence-electron chi connectivity index (χ2n) is 6.39. The van der Waals surface area contributed by atoms with Gasteiger partial charge in [-0.1, -0.05) is 12.8 Å². The fourth-order valence-corrected chi connectivity index (χ4v) is 2.70. The Morgan fingerprint density at radius 3 is 2.67 bits per heavy atom. The Labute approximate surface area is 110 Å². The Morgan fingerprint density at radius 1 is 1.44 bits per heavy atom. The first kappa shape index (κ1) is 15.4. The van der Waals surface area contributed by atoms with Crippen molar-refractivity contribution in [1.82, 2.24) is 0 Å². The van der Waals surface area contributed by atoms with Crippen molar-refractivity contribution in [2.45, 2.75) is 70.4 Å². The fraction of sp³-hybridized carbons (Fsp3) is 0.929. The van der Waals surface area contributed by atoms with E-state index >= 15 is 0 Å². The summed E-state index contributed by atoms with van der Waals surface area (Å²) in [5.74, 6) is -0.403. The molecule has 0 aliphatic heterocycles. The van der Waals surface area contributed by atoms with Crippen molar-refractivity contribution in [3.63, 3.8) is 0 Å². The zero-order valence-corrected chi connectivity index (χ0v) is 11.9. The number of aliphatic hydroxyl groups is 1. The van der Waals surface area contributed by atoms with Crippen molar-refractivity contribution in [2.24, 2.45) is 11.7 Å². The van der Waals surface area contributed by atoms with Gasteiger partial charge in [0.2, 0.25) is 0 Å². The Morgan fingerprint density at radius 2 is 2.11 bits per heavy atom. The maximum atomic E-state index is 12.2. The van der Waals surface area contributed by atoms with Gasteiger partial charge in [0.15, 0.2) is 0 Å². The van der Waals surface area contributed by atoms with E-state index in [1.54, 1.807) is 0 Å². The molecule has 106 valence electrons. The highest BCUT2D eigenvalue weighted by Gasteiger charge is 2.42. The molecule has 2 unspecified atom stereocenters. The highest BCUT2D eigenvalue weighted by molar-refractivity contribution is 5.74. The van der Waals surface area contributed by atoms with E-state index in [4.69, 9.17) is 15.6 Å². The molecule has 0 radical (unpaired) electrons. The van der Waals surface area contributed by atoms with Crippen molar-refractivity contribution in [3.8, 4) is 0 Å². The molecule has 0 bridgehead atoms.